The summed E-state index contributed by atoms with van der Waals surface area (Å²) in [4.78, 5) is 14.8. The number of ether oxygens (including phenoxy) is 1. The molecule has 1 fully saturated rings. The Hall–Kier alpha value is -2.17. The lowest BCUT2D eigenvalue weighted by Gasteiger charge is -2.35. The predicted molar refractivity (Wildman–Crippen MR) is 117 cm³/mol. The third kappa shape index (κ3) is 4.92. The van der Waals surface area contributed by atoms with Crippen LogP contribution in [0, 0.1) is 5.82 Å². The van der Waals surface area contributed by atoms with Gasteiger partial charge in [-0.2, -0.15) is 5.10 Å². The molecule has 8 nitrogen and oxygen atoms in total. The molecule has 1 atom stereocenters. The van der Waals surface area contributed by atoms with Crippen molar-refractivity contribution in [3.8, 4) is 5.75 Å². The van der Waals surface area contributed by atoms with Crippen molar-refractivity contribution in [1.29, 1.82) is 0 Å². The molecule has 2 aromatic rings. The van der Waals surface area contributed by atoms with E-state index >= 15 is 0 Å². The molecule has 0 aliphatic carbocycles. The van der Waals surface area contributed by atoms with Crippen LogP contribution in [0.1, 0.15) is 31.0 Å². The van der Waals surface area contributed by atoms with E-state index in [2.05, 4.69) is 5.10 Å². The first-order valence-electron chi connectivity index (χ1n) is 10.5. The highest BCUT2D eigenvalue weighted by atomic mass is 35.5. The summed E-state index contributed by atoms with van der Waals surface area (Å²) in [5, 5.41) is 4.41. The number of piperidine rings is 1. The van der Waals surface area contributed by atoms with E-state index in [4.69, 9.17) is 16.3 Å². The summed E-state index contributed by atoms with van der Waals surface area (Å²) in [6.07, 6.45) is 4.10. The smallest absolute Gasteiger partial charge is 0.227 e. The van der Waals surface area contributed by atoms with Crippen molar-refractivity contribution < 1.29 is 22.3 Å². The van der Waals surface area contributed by atoms with Gasteiger partial charge in [0.05, 0.1) is 42.7 Å². The zero-order valence-corrected chi connectivity index (χ0v) is 19.6. The van der Waals surface area contributed by atoms with Gasteiger partial charge in [0.1, 0.15) is 11.9 Å². The number of hydrogen-bond acceptors (Lipinski definition) is 5. The molecule has 0 unspecified atom stereocenters. The maximum atomic E-state index is 13.4. The third-order valence-electron chi connectivity index (χ3n) is 6.02. The second kappa shape index (κ2) is 8.99. The maximum absolute atomic E-state index is 13.4. The number of carbonyl (C=O) groups excluding carboxylic acids is 1. The van der Waals surface area contributed by atoms with Crippen LogP contribution >= 0.6 is 11.6 Å². The molecule has 0 spiro atoms. The molecule has 2 aliphatic heterocycles. The van der Waals surface area contributed by atoms with Gasteiger partial charge in [-0.1, -0.05) is 17.7 Å². The van der Waals surface area contributed by atoms with E-state index in [1.54, 1.807) is 17.2 Å². The van der Waals surface area contributed by atoms with Gasteiger partial charge < -0.3 is 9.64 Å². The van der Waals surface area contributed by atoms with Gasteiger partial charge in [0.25, 0.3) is 0 Å². The van der Waals surface area contributed by atoms with Crippen molar-refractivity contribution in [3.63, 3.8) is 0 Å². The Kier molecular flexibility index (Phi) is 6.46. The van der Waals surface area contributed by atoms with E-state index in [1.165, 1.54) is 22.7 Å². The van der Waals surface area contributed by atoms with Crippen LogP contribution < -0.4 is 4.74 Å². The topological polar surface area (TPSA) is 84.7 Å². The molecule has 11 heteroatoms. The zero-order chi connectivity index (χ0) is 23.0. The highest BCUT2D eigenvalue weighted by molar-refractivity contribution is 7.88. The van der Waals surface area contributed by atoms with Gasteiger partial charge in [-0.25, -0.2) is 17.1 Å². The van der Waals surface area contributed by atoms with Crippen LogP contribution in [0.2, 0.25) is 5.02 Å². The molecule has 0 radical (unpaired) electrons. The first kappa shape index (κ1) is 23.0. The average Bonchev–Trinajstić information content (AvgIpc) is 3.11. The normalized spacial score (nSPS) is 20.2. The van der Waals surface area contributed by atoms with Crippen molar-refractivity contribution in [2.75, 3.05) is 19.3 Å². The molecule has 0 bridgehead atoms. The van der Waals surface area contributed by atoms with Crippen LogP contribution in [0.3, 0.4) is 0 Å². The van der Waals surface area contributed by atoms with Crippen molar-refractivity contribution in [1.82, 2.24) is 19.0 Å². The van der Waals surface area contributed by atoms with Crippen LogP contribution in [0.4, 0.5) is 4.39 Å². The fourth-order valence-electron chi connectivity index (χ4n) is 4.20. The molecule has 0 N–H and O–H groups in total. The number of rotatable bonds is 5. The number of nitrogens with zero attached hydrogens (tertiary/aromatic N) is 4. The number of aromatic nitrogens is 2. The highest BCUT2D eigenvalue weighted by Gasteiger charge is 2.32. The zero-order valence-electron chi connectivity index (χ0n) is 18.0. The Bertz CT molecular complexity index is 1110. The van der Waals surface area contributed by atoms with E-state index in [-0.39, 0.29) is 29.5 Å². The summed E-state index contributed by atoms with van der Waals surface area (Å²) in [5.74, 6) is 0.0274. The molecule has 4 rings (SSSR count). The van der Waals surface area contributed by atoms with E-state index in [9.17, 15) is 17.6 Å². The van der Waals surface area contributed by atoms with Gasteiger partial charge in [-0.15, -0.1) is 0 Å². The van der Waals surface area contributed by atoms with Crippen LogP contribution in [-0.2, 0) is 34.3 Å². The van der Waals surface area contributed by atoms with E-state index < -0.39 is 15.8 Å². The van der Waals surface area contributed by atoms with Crippen molar-refractivity contribution in [2.45, 2.75) is 51.4 Å². The molecule has 1 aromatic carbocycles. The summed E-state index contributed by atoms with van der Waals surface area (Å²) in [5.41, 5.74) is 1.47. The lowest BCUT2D eigenvalue weighted by atomic mass is 10.1. The number of halogens is 2. The number of carbonyl (C=O) groups is 1. The summed E-state index contributed by atoms with van der Waals surface area (Å²) < 4.78 is 46.3. The lowest BCUT2D eigenvalue weighted by molar-refractivity contribution is -0.134. The molecule has 1 aromatic heterocycles. The standard InChI is InChI=1S/C21H26ClFN4O4S/c1-14-12-27-19(13-26(14)21(28)10-15-3-4-18(23)17(22)9-15)20(11-24-27)31-16-5-7-25(8-6-16)32(2,29)30/h3-4,9,11,14,16H,5-8,10,12-13H2,1-2H3/t14-/m0/s1. The minimum Gasteiger partial charge on any atom is -0.487 e. The van der Waals surface area contributed by atoms with Gasteiger partial charge in [0.15, 0.2) is 5.75 Å². The Morgan fingerprint density at radius 3 is 2.69 bits per heavy atom. The molecule has 3 heterocycles. The van der Waals surface area contributed by atoms with Crippen LogP contribution in [0.15, 0.2) is 24.4 Å². The Labute approximate surface area is 191 Å². The van der Waals surface area contributed by atoms with Gasteiger partial charge >= 0.3 is 0 Å². The molecule has 2 aliphatic rings. The van der Waals surface area contributed by atoms with Gasteiger partial charge in [0, 0.05) is 19.1 Å². The van der Waals surface area contributed by atoms with Crippen molar-refractivity contribution in [3.05, 3.63) is 46.5 Å². The quantitative estimate of drug-likeness (QED) is 0.650. The second-order valence-corrected chi connectivity index (χ2v) is 10.8. The average molecular weight is 485 g/mol. The van der Waals surface area contributed by atoms with Gasteiger partial charge in [-0.3, -0.25) is 9.48 Å². The third-order valence-corrected chi connectivity index (χ3v) is 7.62. The first-order valence-corrected chi connectivity index (χ1v) is 12.7. The SMILES string of the molecule is C[C@H]1Cn2ncc(OC3CCN(S(C)(=O)=O)CC3)c2CN1C(=O)Cc1ccc(F)c(Cl)c1. The van der Waals surface area contributed by atoms with Gasteiger partial charge in [0.2, 0.25) is 15.9 Å². The number of hydrogen-bond donors (Lipinski definition) is 0. The Morgan fingerprint density at radius 2 is 2.03 bits per heavy atom. The Morgan fingerprint density at radius 1 is 1.31 bits per heavy atom. The highest BCUT2D eigenvalue weighted by Crippen LogP contribution is 2.29. The number of fused-ring (bicyclic) bond motifs is 1. The minimum absolute atomic E-state index is 0.00215. The molecule has 0 saturated carbocycles. The van der Waals surface area contributed by atoms with Crippen molar-refractivity contribution in [2.24, 2.45) is 0 Å². The van der Waals surface area contributed by atoms with Crippen LogP contribution in [-0.4, -0.2) is 64.8 Å². The van der Waals surface area contributed by atoms with Crippen LogP contribution in [0.5, 0.6) is 5.75 Å². The van der Waals surface area contributed by atoms with Crippen LogP contribution in [0.25, 0.3) is 0 Å². The molecular weight excluding hydrogens is 459 g/mol. The summed E-state index contributed by atoms with van der Waals surface area (Å²) in [7, 11) is -3.19. The molecule has 1 saturated heterocycles. The minimum atomic E-state index is -3.19. The largest absolute Gasteiger partial charge is 0.487 e. The molecule has 1 amide bonds. The summed E-state index contributed by atoms with van der Waals surface area (Å²) in [6.45, 7) is 3.71. The fourth-order valence-corrected chi connectivity index (χ4v) is 5.27. The molecule has 32 heavy (non-hydrogen) atoms. The summed E-state index contributed by atoms with van der Waals surface area (Å²) >= 11 is 5.85. The Balaban J connectivity index is 1.43. The first-order chi connectivity index (χ1) is 15.1. The fraction of sp³-hybridized carbons (Fsp3) is 0.524. The summed E-state index contributed by atoms with van der Waals surface area (Å²) in [6, 6.07) is 4.25. The van der Waals surface area contributed by atoms with E-state index in [1.807, 2.05) is 11.6 Å². The molecular formula is C21H26ClFN4O4S. The van der Waals surface area contributed by atoms with Crippen molar-refractivity contribution >= 4 is 27.5 Å². The second-order valence-electron chi connectivity index (χ2n) is 8.41. The van der Waals surface area contributed by atoms with E-state index in [0.717, 1.165) is 5.69 Å². The van der Waals surface area contributed by atoms with Gasteiger partial charge in [-0.05, 0) is 37.5 Å². The predicted octanol–water partition coefficient (Wildman–Crippen LogP) is 2.45. The lowest BCUT2D eigenvalue weighted by Crippen LogP contribution is -2.45. The number of benzene rings is 1. The number of amides is 1. The molecule has 174 valence electrons. The maximum Gasteiger partial charge on any atom is 0.227 e. The number of sulfonamides is 1. The monoisotopic (exact) mass is 484 g/mol. The van der Waals surface area contributed by atoms with E-state index in [0.29, 0.717) is 50.3 Å².